The first kappa shape index (κ1) is 42.8. The molecule has 12 aromatic carbocycles. The Hall–Kier alpha value is -9.41. The van der Waals surface area contributed by atoms with Crippen LogP contribution in [0.2, 0.25) is 0 Å². The van der Waals surface area contributed by atoms with E-state index in [0.29, 0.717) is 0 Å². The molecule has 0 atom stereocenters. The maximum absolute atomic E-state index is 6.75. The Kier molecular flexibility index (Phi) is 8.43. The minimum absolute atomic E-state index is 0.482. The Balaban J connectivity index is 0.915. The van der Waals surface area contributed by atoms with E-state index in [1.807, 2.05) is 11.8 Å². The first-order valence-corrected chi connectivity index (χ1v) is 28.0. The number of para-hydroxylation sites is 2. The van der Waals surface area contributed by atoms with Crippen molar-refractivity contribution in [2.45, 2.75) is 26.0 Å². The average molecular weight is 1010 g/mol. The Morgan fingerprint density at radius 1 is 0.231 bits per heavy atom. The maximum atomic E-state index is 6.75. The molecule has 0 aromatic heterocycles. The van der Waals surface area contributed by atoms with Gasteiger partial charge in [0.2, 0.25) is 0 Å². The SMILES string of the molecule is c1ccc2c(c1)Oc1ccccc1C21c2ccccc2-c2cc(N(c3ccc4c(c3)-c3ccccc3C43c4ccccc4Sc4ccccc43)c3ccc4c(c3)C3(c5ccccc5-c5ccccc53)c3ccccc3-4)ccc21. The van der Waals surface area contributed by atoms with E-state index in [1.54, 1.807) is 0 Å². The van der Waals surface area contributed by atoms with Crippen LogP contribution < -0.4 is 9.64 Å². The lowest BCUT2D eigenvalue weighted by atomic mass is 9.66. The van der Waals surface area contributed by atoms with Crippen LogP contribution in [0.1, 0.15) is 66.8 Å². The van der Waals surface area contributed by atoms with Crippen molar-refractivity contribution in [3.05, 3.63) is 340 Å². The second kappa shape index (κ2) is 15.4. The van der Waals surface area contributed by atoms with Gasteiger partial charge >= 0.3 is 0 Å². The van der Waals surface area contributed by atoms with Gasteiger partial charge in [0.15, 0.2) is 0 Å². The summed E-state index contributed by atoms with van der Waals surface area (Å²) in [5.41, 5.74) is 27.4. The van der Waals surface area contributed by atoms with E-state index in [4.69, 9.17) is 4.74 Å². The third kappa shape index (κ3) is 5.12. The lowest BCUT2D eigenvalue weighted by molar-refractivity contribution is 0.436. The predicted octanol–water partition coefficient (Wildman–Crippen LogP) is 18.8. The summed E-state index contributed by atoms with van der Waals surface area (Å²) in [4.78, 5) is 5.16. The number of fused-ring (bicyclic) bond motifs is 28. The van der Waals surface area contributed by atoms with E-state index in [0.717, 1.165) is 39.7 Å². The minimum Gasteiger partial charge on any atom is -0.457 e. The molecule has 0 amide bonds. The molecule has 3 spiro atoms. The summed E-state index contributed by atoms with van der Waals surface area (Å²) in [5, 5.41) is 0. The zero-order valence-electron chi connectivity index (χ0n) is 42.2. The molecule has 0 saturated carbocycles. The van der Waals surface area contributed by atoms with Crippen molar-refractivity contribution in [2.24, 2.45) is 0 Å². The number of nitrogens with zero attached hydrogens (tertiary/aromatic N) is 1. The van der Waals surface area contributed by atoms with Gasteiger partial charge in [0, 0.05) is 38.0 Å². The summed E-state index contributed by atoms with van der Waals surface area (Å²) >= 11 is 1.89. The van der Waals surface area contributed by atoms with Crippen molar-refractivity contribution in [1.29, 1.82) is 0 Å². The molecule has 2 nitrogen and oxygen atoms in total. The van der Waals surface area contributed by atoms with Gasteiger partial charge in [0.25, 0.3) is 0 Å². The van der Waals surface area contributed by atoms with Crippen LogP contribution >= 0.6 is 11.8 Å². The molecule has 2 aliphatic heterocycles. The van der Waals surface area contributed by atoms with Crippen LogP contribution in [0.15, 0.2) is 283 Å². The van der Waals surface area contributed by atoms with Gasteiger partial charge in [0.1, 0.15) is 11.5 Å². The van der Waals surface area contributed by atoms with Gasteiger partial charge < -0.3 is 9.64 Å². The molecule has 0 bridgehead atoms. The summed E-state index contributed by atoms with van der Waals surface area (Å²) in [6.45, 7) is 0. The highest BCUT2D eigenvalue weighted by Gasteiger charge is 2.54. The van der Waals surface area contributed by atoms with Gasteiger partial charge in [-0.05, 0) is 161 Å². The molecule has 0 fully saturated rings. The molecular formula is C75H45NOS. The van der Waals surface area contributed by atoms with Crippen LogP contribution in [0.4, 0.5) is 17.1 Å². The highest BCUT2D eigenvalue weighted by molar-refractivity contribution is 7.99. The Morgan fingerprint density at radius 2 is 0.526 bits per heavy atom. The molecule has 6 aliphatic rings. The van der Waals surface area contributed by atoms with Crippen LogP contribution in [0.25, 0.3) is 44.5 Å². The molecule has 12 aromatic rings. The monoisotopic (exact) mass is 1010 g/mol. The molecule has 0 saturated heterocycles. The van der Waals surface area contributed by atoms with Gasteiger partial charge in [-0.3, -0.25) is 0 Å². The lowest BCUT2D eigenvalue weighted by Gasteiger charge is -2.39. The zero-order chi connectivity index (χ0) is 50.9. The number of hydrogen-bond donors (Lipinski definition) is 0. The van der Waals surface area contributed by atoms with Crippen LogP contribution in [-0.2, 0) is 16.2 Å². The minimum atomic E-state index is -0.577. The molecule has 78 heavy (non-hydrogen) atoms. The Morgan fingerprint density at radius 3 is 0.974 bits per heavy atom. The standard InChI is InChI=1S/C75H45NOS/c1-6-24-57-49(19-1)50-20-2-7-25-58(50)73(57)59-26-8-3-21-51(59)54-40-37-48(45-68(54)73)76(46-38-41-62-55(43-46)52-22-4-9-27-60(52)74(62)64-29-11-15-33-69(64)77-70-34-16-12-30-65(70)74)47-39-42-63-56(44-47)53-23-5-10-28-61(53)75(63)66-31-13-17-35-71(66)78-72-36-18-14-32-67(72)75/h1-45H. The van der Waals surface area contributed by atoms with Crippen molar-refractivity contribution in [1.82, 2.24) is 0 Å². The fourth-order valence-electron chi connectivity index (χ4n) is 15.6. The number of ether oxygens (including phenoxy) is 1. The first-order chi connectivity index (χ1) is 38.7. The van der Waals surface area contributed by atoms with E-state index >= 15 is 0 Å². The molecule has 0 radical (unpaired) electrons. The number of rotatable bonds is 3. The first-order valence-electron chi connectivity index (χ1n) is 27.1. The van der Waals surface area contributed by atoms with Gasteiger partial charge in [-0.25, -0.2) is 0 Å². The number of hydrogen-bond acceptors (Lipinski definition) is 3. The van der Waals surface area contributed by atoms with Gasteiger partial charge in [-0.1, -0.05) is 224 Å². The molecular weight excluding hydrogens is 963 g/mol. The van der Waals surface area contributed by atoms with Gasteiger partial charge in [0.05, 0.1) is 16.2 Å². The lowest BCUT2D eigenvalue weighted by Crippen LogP contribution is -2.32. The van der Waals surface area contributed by atoms with Crippen molar-refractivity contribution in [3.8, 4) is 56.0 Å². The predicted molar refractivity (Wildman–Crippen MR) is 316 cm³/mol. The van der Waals surface area contributed by atoms with Crippen LogP contribution in [0.5, 0.6) is 11.5 Å². The van der Waals surface area contributed by atoms with Gasteiger partial charge in [-0.2, -0.15) is 0 Å². The molecule has 4 aliphatic carbocycles. The number of benzene rings is 12. The van der Waals surface area contributed by atoms with E-state index in [1.165, 1.54) is 110 Å². The molecule has 362 valence electrons. The smallest absolute Gasteiger partial charge is 0.132 e. The Labute approximate surface area is 457 Å². The summed E-state index contributed by atoms with van der Waals surface area (Å²) in [7, 11) is 0. The third-order valence-electron chi connectivity index (χ3n) is 18.4. The normalized spacial score (nSPS) is 15.3. The van der Waals surface area contributed by atoms with Crippen molar-refractivity contribution in [3.63, 3.8) is 0 Å². The average Bonchev–Trinajstić information content (AvgIpc) is 4.37. The van der Waals surface area contributed by atoms with E-state index in [2.05, 4.69) is 278 Å². The van der Waals surface area contributed by atoms with Crippen LogP contribution in [0.3, 0.4) is 0 Å². The summed E-state index contributed by atoms with van der Waals surface area (Å²) in [6.07, 6.45) is 0. The topological polar surface area (TPSA) is 12.5 Å². The quantitative estimate of drug-likeness (QED) is 0.175. The largest absolute Gasteiger partial charge is 0.457 e. The molecule has 2 heterocycles. The van der Waals surface area contributed by atoms with Crippen molar-refractivity contribution >= 4 is 28.8 Å². The van der Waals surface area contributed by atoms with E-state index < -0.39 is 16.2 Å². The summed E-state index contributed by atoms with van der Waals surface area (Å²) in [6, 6.07) is 103. The molecule has 0 unspecified atom stereocenters. The summed E-state index contributed by atoms with van der Waals surface area (Å²) < 4.78 is 6.75. The second-order valence-corrected chi connectivity index (χ2v) is 22.8. The van der Waals surface area contributed by atoms with E-state index in [-0.39, 0.29) is 0 Å². The van der Waals surface area contributed by atoms with Crippen molar-refractivity contribution < 1.29 is 4.74 Å². The molecule has 0 N–H and O–H groups in total. The highest BCUT2D eigenvalue weighted by atomic mass is 32.2. The maximum Gasteiger partial charge on any atom is 0.132 e. The summed E-state index contributed by atoms with van der Waals surface area (Å²) in [5.74, 6) is 1.79. The van der Waals surface area contributed by atoms with Gasteiger partial charge in [-0.15, -0.1) is 0 Å². The molecule has 18 rings (SSSR count). The Bertz CT molecular complexity index is 4270. The van der Waals surface area contributed by atoms with E-state index in [9.17, 15) is 0 Å². The fraction of sp³-hybridized carbons (Fsp3) is 0.0400. The van der Waals surface area contributed by atoms with Crippen LogP contribution in [-0.4, -0.2) is 0 Å². The second-order valence-electron chi connectivity index (χ2n) is 21.7. The van der Waals surface area contributed by atoms with Crippen LogP contribution in [0, 0.1) is 0 Å². The number of anilines is 3. The highest BCUT2D eigenvalue weighted by Crippen LogP contribution is 2.67. The molecule has 3 heteroatoms. The van der Waals surface area contributed by atoms with Crippen molar-refractivity contribution in [2.75, 3.05) is 4.90 Å². The third-order valence-corrected chi connectivity index (χ3v) is 19.6. The zero-order valence-corrected chi connectivity index (χ0v) is 43.1. The fourth-order valence-corrected chi connectivity index (χ4v) is 16.8.